The van der Waals surface area contributed by atoms with Crippen molar-refractivity contribution in [1.29, 1.82) is 0 Å². The van der Waals surface area contributed by atoms with Gasteiger partial charge in [0.1, 0.15) is 5.82 Å². The van der Waals surface area contributed by atoms with E-state index >= 15 is 0 Å². The van der Waals surface area contributed by atoms with Gasteiger partial charge in [-0.05, 0) is 24.1 Å². The van der Waals surface area contributed by atoms with Crippen molar-refractivity contribution >= 4 is 35.6 Å². The zero-order chi connectivity index (χ0) is 12.3. The summed E-state index contributed by atoms with van der Waals surface area (Å²) in [6, 6.07) is 3.39. The molecule has 1 atom stereocenters. The Balaban J connectivity index is 0.00000256. The number of benzene rings is 1. The first-order chi connectivity index (χ1) is 7.41. The largest absolute Gasteiger partial charge is 0.322 e. The van der Waals surface area contributed by atoms with Crippen LogP contribution in [0.1, 0.15) is 13.8 Å². The average molecular weight is 281 g/mol. The summed E-state index contributed by atoms with van der Waals surface area (Å²) in [6.45, 7) is 3.64. The van der Waals surface area contributed by atoms with E-state index in [0.29, 0.717) is 0 Å². The molecular weight excluding hydrogens is 266 g/mol. The molecule has 1 rings (SSSR count). The van der Waals surface area contributed by atoms with Gasteiger partial charge in [-0.1, -0.05) is 25.4 Å². The molecule has 0 aliphatic rings. The van der Waals surface area contributed by atoms with Crippen molar-refractivity contribution in [2.24, 2.45) is 11.7 Å². The van der Waals surface area contributed by atoms with Crippen LogP contribution in [-0.4, -0.2) is 11.9 Å². The highest BCUT2D eigenvalue weighted by Crippen LogP contribution is 2.19. The van der Waals surface area contributed by atoms with Crippen molar-refractivity contribution in [3.63, 3.8) is 0 Å². The first kappa shape index (κ1) is 16.2. The highest BCUT2D eigenvalue weighted by molar-refractivity contribution is 6.30. The Morgan fingerprint density at radius 1 is 1.47 bits per heavy atom. The molecule has 0 heterocycles. The summed E-state index contributed by atoms with van der Waals surface area (Å²) in [5.41, 5.74) is 5.72. The summed E-state index contributed by atoms with van der Waals surface area (Å²) in [6.07, 6.45) is 0. The molecular formula is C11H15Cl2FN2O. The molecule has 1 aromatic rings. The number of halogens is 3. The minimum absolute atomic E-state index is 0. The molecule has 96 valence electrons. The SMILES string of the molecule is CC(C)C(N)C(=O)Nc1ccc(Cl)cc1F.Cl. The highest BCUT2D eigenvalue weighted by Gasteiger charge is 2.18. The van der Waals surface area contributed by atoms with Gasteiger partial charge in [0.2, 0.25) is 5.91 Å². The summed E-state index contributed by atoms with van der Waals surface area (Å²) in [5, 5.41) is 2.70. The van der Waals surface area contributed by atoms with Gasteiger partial charge in [-0.3, -0.25) is 4.79 Å². The molecule has 0 bridgehead atoms. The summed E-state index contributed by atoms with van der Waals surface area (Å²) in [4.78, 5) is 11.6. The number of rotatable bonds is 3. The molecule has 3 nitrogen and oxygen atoms in total. The van der Waals surface area contributed by atoms with E-state index in [2.05, 4.69) is 5.32 Å². The van der Waals surface area contributed by atoms with Crippen molar-refractivity contribution in [2.75, 3.05) is 5.32 Å². The number of hydrogen-bond donors (Lipinski definition) is 2. The zero-order valence-corrected chi connectivity index (χ0v) is 11.1. The lowest BCUT2D eigenvalue weighted by atomic mass is 10.0. The van der Waals surface area contributed by atoms with Crippen LogP contribution in [0.4, 0.5) is 10.1 Å². The number of nitrogens with one attached hydrogen (secondary N) is 1. The lowest BCUT2D eigenvalue weighted by molar-refractivity contribution is -0.118. The van der Waals surface area contributed by atoms with Crippen LogP contribution in [-0.2, 0) is 4.79 Å². The summed E-state index contributed by atoms with van der Waals surface area (Å²) in [5.74, 6) is -0.983. The van der Waals surface area contributed by atoms with Gasteiger partial charge in [-0.2, -0.15) is 0 Å². The van der Waals surface area contributed by atoms with E-state index in [1.54, 1.807) is 0 Å². The van der Waals surface area contributed by atoms with Crippen LogP contribution in [0.2, 0.25) is 5.02 Å². The second kappa shape index (κ2) is 6.79. The molecule has 0 spiro atoms. The molecule has 0 aliphatic carbocycles. The van der Waals surface area contributed by atoms with E-state index in [0.717, 1.165) is 6.07 Å². The van der Waals surface area contributed by atoms with Crippen LogP contribution in [0.5, 0.6) is 0 Å². The number of amides is 1. The van der Waals surface area contributed by atoms with Crippen LogP contribution < -0.4 is 11.1 Å². The molecule has 1 amide bonds. The van der Waals surface area contributed by atoms with Crippen LogP contribution in [0.3, 0.4) is 0 Å². The van der Waals surface area contributed by atoms with Crippen molar-refractivity contribution in [1.82, 2.24) is 0 Å². The Labute approximate surface area is 111 Å². The maximum atomic E-state index is 13.3. The fourth-order valence-electron chi connectivity index (χ4n) is 1.11. The first-order valence-electron chi connectivity index (χ1n) is 4.93. The number of hydrogen-bond acceptors (Lipinski definition) is 2. The van der Waals surface area contributed by atoms with Gasteiger partial charge < -0.3 is 11.1 Å². The lowest BCUT2D eigenvalue weighted by Crippen LogP contribution is -2.39. The third-order valence-corrected chi connectivity index (χ3v) is 2.45. The molecule has 1 unspecified atom stereocenters. The van der Waals surface area contributed by atoms with Gasteiger partial charge in [0.05, 0.1) is 11.7 Å². The Bertz CT molecular complexity index is 399. The number of carbonyl (C=O) groups is 1. The molecule has 6 heteroatoms. The first-order valence-corrected chi connectivity index (χ1v) is 5.31. The number of nitrogens with two attached hydrogens (primary N) is 1. The summed E-state index contributed by atoms with van der Waals surface area (Å²) in [7, 11) is 0. The van der Waals surface area contributed by atoms with Gasteiger partial charge in [0.15, 0.2) is 0 Å². The highest BCUT2D eigenvalue weighted by atomic mass is 35.5. The predicted molar refractivity (Wildman–Crippen MR) is 70.1 cm³/mol. The maximum absolute atomic E-state index is 13.3. The molecule has 3 N–H and O–H groups in total. The standard InChI is InChI=1S/C11H14ClFN2O.ClH/c1-6(2)10(14)11(16)15-9-4-3-7(12)5-8(9)13;/h3-6,10H,14H2,1-2H3,(H,15,16);1H. The fraction of sp³-hybridized carbons (Fsp3) is 0.364. The quantitative estimate of drug-likeness (QED) is 0.895. The minimum atomic E-state index is -0.657. The van der Waals surface area contributed by atoms with Crippen LogP contribution in [0.15, 0.2) is 18.2 Å². The van der Waals surface area contributed by atoms with E-state index in [9.17, 15) is 9.18 Å². The zero-order valence-electron chi connectivity index (χ0n) is 9.54. The monoisotopic (exact) mass is 280 g/mol. The van der Waals surface area contributed by atoms with Crippen LogP contribution >= 0.6 is 24.0 Å². The molecule has 1 aromatic carbocycles. The Morgan fingerprint density at radius 3 is 2.53 bits per heavy atom. The van der Waals surface area contributed by atoms with E-state index in [1.165, 1.54) is 12.1 Å². The fourth-order valence-corrected chi connectivity index (χ4v) is 1.27. The van der Waals surface area contributed by atoms with Crippen molar-refractivity contribution in [2.45, 2.75) is 19.9 Å². The van der Waals surface area contributed by atoms with Gasteiger partial charge in [-0.15, -0.1) is 12.4 Å². The normalized spacial score (nSPS) is 11.9. The average Bonchev–Trinajstić information content (AvgIpc) is 2.20. The van der Waals surface area contributed by atoms with Gasteiger partial charge in [0.25, 0.3) is 0 Å². The van der Waals surface area contributed by atoms with Crippen molar-refractivity contribution in [3.8, 4) is 0 Å². The third-order valence-electron chi connectivity index (χ3n) is 2.21. The molecule has 0 fully saturated rings. The van der Waals surface area contributed by atoms with E-state index in [-0.39, 0.29) is 29.0 Å². The second-order valence-electron chi connectivity index (χ2n) is 3.88. The lowest BCUT2D eigenvalue weighted by Gasteiger charge is -2.15. The van der Waals surface area contributed by atoms with Gasteiger partial charge in [0, 0.05) is 5.02 Å². The maximum Gasteiger partial charge on any atom is 0.241 e. The smallest absolute Gasteiger partial charge is 0.241 e. The summed E-state index contributed by atoms with van der Waals surface area (Å²) >= 11 is 5.59. The third kappa shape index (κ3) is 4.50. The Kier molecular flexibility index (Phi) is 6.45. The minimum Gasteiger partial charge on any atom is -0.322 e. The second-order valence-corrected chi connectivity index (χ2v) is 4.32. The number of anilines is 1. The Morgan fingerprint density at radius 2 is 2.06 bits per heavy atom. The predicted octanol–water partition coefficient (Wildman–Crippen LogP) is 2.82. The van der Waals surface area contributed by atoms with Crippen LogP contribution in [0.25, 0.3) is 0 Å². The van der Waals surface area contributed by atoms with Gasteiger partial charge >= 0.3 is 0 Å². The molecule has 0 saturated heterocycles. The molecule has 17 heavy (non-hydrogen) atoms. The molecule has 0 radical (unpaired) electrons. The van der Waals surface area contributed by atoms with E-state index in [1.807, 2.05) is 13.8 Å². The molecule has 0 aliphatic heterocycles. The van der Waals surface area contributed by atoms with Crippen molar-refractivity contribution < 1.29 is 9.18 Å². The van der Waals surface area contributed by atoms with Crippen LogP contribution in [0, 0.1) is 11.7 Å². The number of carbonyl (C=O) groups excluding carboxylic acids is 1. The van der Waals surface area contributed by atoms with Gasteiger partial charge in [-0.25, -0.2) is 4.39 Å². The molecule has 0 saturated carbocycles. The van der Waals surface area contributed by atoms with E-state index in [4.69, 9.17) is 17.3 Å². The van der Waals surface area contributed by atoms with E-state index < -0.39 is 17.8 Å². The topological polar surface area (TPSA) is 55.1 Å². The Hall–Kier alpha value is -0.840. The summed E-state index contributed by atoms with van der Waals surface area (Å²) < 4.78 is 13.3. The molecule has 0 aromatic heterocycles. The van der Waals surface area contributed by atoms with Crippen molar-refractivity contribution in [3.05, 3.63) is 29.0 Å².